The van der Waals surface area contributed by atoms with Gasteiger partial charge in [-0.2, -0.15) is 0 Å². The second-order valence-corrected chi connectivity index (χ2v) is 8.12. The van der Waals surface area contributed by atoms with Crippen LogP contribution in [0.3, 0.4) is 0 Å². The van der Waals surface area contributed by atoms with Crippen LogP contribution in [0.25, 0.3) is 0 Å². The van der Waals surface area contributed by atoms with Crippen LogP contribution in [0.4, 0.5) is 10.2 Å². The van der Waals surface area contributed by atoms with Crippen molar-refractivity contribution < 1.29 is 14.0 Å². The van der Waals surface area contributed by atoms with Crippen molar-refractivity contribution in [3.05, 3.63) is 62.0 Å². The van der Waals surface area contributed by atoms with Crippen molar-refractivity contribution in [3.63, 3.8) is 0 Å². The third-order valence-electron chi connectivity index (χ3n) is 5.63. The summed E-state index contributed by atoms with van der Waals surface area (Å²) in [7, 11) is 0. The average molecular weight is 430 g/mol. The van der Waals surface area contributed by atoms with Crippen molar-refractivity contribution in [2.45, 2.75) is 51.7 Å². The fraction of sp³-hybridized carbons (Fsp3) is 0.455. The first kappa shape index (κ1) is 22.6. The molecule has 0 bridgehead atoms. The molecule has 1 aliphatic rings. The van der Waals surface area contributed by atoms with E-state index in [4.69, 9.17) is 5.73 Å². The van der Waals surface area contributed by atoms with E-state index in [0.29, 0.717) is 18.5 Å². The molecule has 9 heteroatoms. The normalized spacial score (nSPS) is 17.1. The van der Waals surface area contributed by atoms with Crippen molar-refractivity contribution in [1.82, 2.24) is 14.0 Å². The number of carbonyl (C=O) groups is 2. The SMILES string of the molecule is CC(C)n1c(=O)c(C(=O)CN2CCCC[C@@H]2C=O)c(N)n(Cc2ccc(F)cc2)c1=O. The maximum atomic E-state index is 13.2. The third kappa shape index (κ3) is 4.66. The number of nitrogens with two attached hydrogens (primary N) is 1. The molecular formula is C22H27FN4O4. The lowest BCUT2D eigenvalue weighted by atomic mass is 10.0. The number of Topliss-reactive ketones (excluding diaryl/α,β-unsaturated/α-hetero) is 1. The molecule has 31 heavy (non-hydrogen) atoms. The van der Waals surface area contributed by atoms with Gasteiger partial charge in [0.2, 0.25) is 0 Å². The summed E-state index contributed by atoms with van der Waals surface area (Å²) in [5, 5.41) is 0. The number of aldehydes is 1. The molecule has 0 spiro atoms. The first-order valence-corrected chi connectivity index (χ1v) is 10.4. The molecule has 2 heterocycles. The minimum atomic E-state index is -0.738. The summed E-state index contributed by atoms with van der Waals surface area (Å²) in [6.07, 6.45) is 3.23. The van der Waals surface area contributed by atoms with Gasteiger partial charge in [0.15, 0.2) is 5.78 Å². The van der Waals surface area contributed by atoms with E-state index in [1.54, 1.807) is 18.7 Å². The Morgan fingerprint density at radius 1 is 1.23 bits per heavy atom. The molecule has 166 valence electrons. The number of carbonyl (C=O) groups excluding carboxylic acids is 2. The van der Waals surface area contributed by atoms with Crippen molar-refractivity contribution in [2.75, 3.05) is 18.8 Å². The van der Waals surface area contributed by atoms with Gasteiger partial charge in [-0.15, -0.1) is 0 Å². The van der Waals surface area contributed by atoms with Crippen LogP contribution >= 0.6 is 0 Å². The van der Waals surface area contributed by atoms with Crippen LogP contribution in [-0.2, 0) is 11.3 Å². The second kappa shape index (κ2) is 9.38. The van der Waals surface area contributed by atoms with Crippen LogP contribution in [-0.4, -0.2) is 45.2 Å². The summed E-state index contributed by atoms with van der Waals surface area (Å²) in [6.45, 7) is 3.77. The molecule has 0 amide bonds. The highest BCUT2D eigenvalue weighted by molar-refractivity contribution is 6.01. The van der Waals surface area contributed by atoms with Crippen molar-refractivity contribution in [2.24, 2.45) is 0 Å². The zero-order valence-electron chi connectivity index (χ0n) is 17.7. The molecular weight excluding hydrogens is 403 g/mol. The van der Waals surface area contributed by atoms with E-state index in [1.807, 2.05) is 0 Å². The van der Waals surface area contributed by atoms with Gasteiger partial charge in [0.05, 0.1) is 19.1 Å². The summed E-state index contributed by atoms with van der Waals surface area (Å²) < 4.78 is 15.4. The highest BCUT2D eigenvalue weighted by Gasteiger charge is 2.29. The van der Waals surface area contributed by atoms with Crippen LogP contribution in [0.1, 0.15) is 55.1 Å². The highest BCUT2D eigenvalue weighted by Crippen LogP contribution is 2.17. The van der Waals surface area contributed by atoms with Crippen LogP contribution in [0, 0.1) is 5.82 Å². The third-order valence-corrected chi connectivity index (χ3v) is 5.63. The highest BCUT2D eigenvalue weighted by atomic mass is 19.1. The molecule has 2 aromatic rings. The number of anilines is 1. The Morgan fingerprint density at radius 2 is 1.90 bits per heavy atom. The molecule has 8 nitrogen and oxygen atoms in total. The molecule has 1 saturated heterocycles. The van der Waals surface area contributed by atoms with E-state index in [0.717, 1.165) is 28.3 Å². The van der Waals surface area contributed by atoms with E-state index in [1.165, 1.54) is 24.3 Å². The Balaban J connectivity index is 2.06. The van der Waals surface area contributed by atoms with E-state index < -0.39 is 28.9 Å². The van der Waals surface area contributed by atoms with Crippen molar-refractivity contribution in [3.8, 4) is 0 Å². The number of benzene rings is 1. The maximum absolute atomic E-state index is 13.2. The molecule has 1 aliphatic heterocycles. The van der Waals surface area contributed by atoms with Gasteiger partial charge in [-0.1, -0.05) is 18.6 Å². The Labute approximate surface area is 179 Å². The lowest BCUT2D eigenvalue weighted by Gasteiger charge is -2.31. The van der Waals surface area contributed by atoms with E-state index in [2.05, 4.69) is 0 Å². The monoisotopic (exact) mass is 430 g/mol. The predicted octanol–water partition coefficient (Wildman–Crippen LogP) is 1.60. The van der Waals surface area contributed by atoms with Crippen LogP contribution < -0.4 is 17.0 Å². The number of halogens is 1. The smallest absolute Gasteiger partial charge is 0.333 e. The number of rotatable bonds is 7. The first-order chi connectivity index (χ1) is 14.7. The predicted molar refractivity (Wildman–Crippen MR) is 115 cm³/mol. The number of likely N-dealkylation sites (tertiary alicyclic amines) is 1. The van der Waals surface area contributed by atoms with Crippen molar-refractivity contribution >= 4 is 17.9 Å². The fourth-order valence-corrected chi connectivity index (χ4v) is 3.96. The molecule has 1 aromatic carbocycles. The zero-order valence-corrected chi connectivity index (χ0v) is 17.7. The molecule has 2 N–H and O–H groups in total. The van der Waals surface area contributed by atoms with Crippen LogP contribution in [0.15, 0.2) is 33.9 Å². The molecule has 3 rings (SSSR count). The fourth-order valence-electron chi connectivity index (χ4n) is 3.96. The van der Waals surface area contributed by atoms with Gasteiger partial charge in [-0.05, 0) is 50.9 Å². The number of nitrogen functional groups attached to an aromatic ring is 1. The lowest BCUT2D eigenvalue weighted by molar-refractivity contribution is -0.113. The Morgan fingerprint density at radius 3 is 2.52 bits per heavy atom. The van der Waals surface area contributed by atoms with E-state index >= 15 is 0 Å². The van der Waals surface area contributed by atoms with E-state index in [-0.39, 0.29) is 30.5 Å². The van der Waals surface area contributed by atoms with E-state index in [9.17, 15) is 23.6 Å². The summed E-state index contributed by atoms with van der Waals surface area (Å²) in [4.78, 5) is 52.3. The zero-order chi connectivity index (χ0) is 22.7. The van der Waals surface area contributed by atoms with Gasteiger partial charge in [0, 0.05) is 6.04 Å². The lowest BCUT2D eigenvalue weighted by Crippen LogP contribution is -2.48. The number of ketones is 1. The molecule has 0 unspecified atom stereocenters. The number of aromatic nitrogens is 2. The average Bonchev–Trinajstić information content (AvgIpc) is 2.72. The minimum Gasteiger partial charge on any atom is -0.384 e. The topological polar surface area (TPSA) is 107 Å². The van der Waals surface area contributed by atoms with Gasteiger partial charge >= 0.3 is 5.69 Å². The standard InChI is InChI=1S/C22H27FN4O4/c1-14(2)27-21(30)19(18(29)12-25-10-4-3-5-17(25)13-28)20(24)26(22(27)31)11-15-6-8-16(23)9-7-15/h6-9,13-14,17H,3-5,10-12,24H2,1-2H3/t17-/m1/s1. The Bertz CT molecular complexity index is 1090. The van der Waals surface area contributed by atoms with Crippen molar-refractivity contribution in [1.29, 1.82) is 0 Å². The molecule has 1 atom stereocenters. The summed E-state index contributed by atoms with van der Waals surface area (Å²) >= 11 is 0. The summed E-state index contributed by atoms with van der Waals surface area (Å²) in [5.41, 5.74) is 5.13. The van der Waals surface area contributed by atoms with Gasteiger partial charge in [0.1, 0.15) is 23.5 Å². The molecule has 1 fully saturated rings. The van der Waals surface area contributed by atoms with Gasteiger partial charge in [-0.25, -0.2) is 9.18 Å². The number of hydrogen-bond donors (Lipinski definition) is 1. The molecule has 1 aromatic heterocycles. The number of nitrogens with zero attached hydrogens (tertiary/aromatic N) is 3. The maximum Gasteiger partial charge on any atom is 0.333 e. The number of piperidine rings is 1. The molecule has 0 radical (unpaired) electrons. The number of hydrogen-bond acceptors (Lipinski definition) is 6. The Kier molecular flexibility index (Phi) is 6.84. The van der Waals surface area contributed by atoms with Gasteiger partial charge in [0.25, 0.3) is 5.56 Å². The largest absolute Gasteiger partial charge is 0.384 e. The summed E-state index contributed by atoms with van der Waals surface area (Å²) in [6, 6.07) is 4.67. The first-order valence-electron chi connectivity index (χ1n) is 10.4. The van der Waals surface area contributed by atoms with Crippen LogP contribution in [0.2, 0.25) is 0 Å². The Hall–Kier alpha value is -3.07. The summed E-state index contributed by atoms with van der Waals surface area (Å²) in [5.74, 6) is -1.17. The van der Waals surface area contributed by atoms with Gasteiger partial charge in [-0.3, -0.25) is 23.6 Å². The second-order valence-electron chi connectivity index (χ2n) is 8.12. The van der Waals surface area contributed by atoms with Gasteiger partial charge < -0.3 is 10.5 Å². The molecule has 0 aliphatic carbocycles. The van der Waals surface area contributed by atoms with Crippen LogP contribution in [0.5, 0.6) is 0 Å². The minimum absolute atomic E-state index is 0.0150. The quantitative estimate of drug-likeness (QED) is 0.528. The molecule has 0 saturated carbocycles.